The largest absolute Gasteiger partial charge is 0.496 e. The molecule has 1 fully saturated rings. The van der Waals surface area contributed by atoms with E-state index in [0.29, 0.717) is 0 Å². The van der Waals surface area contributed by atoms with E-state index in [1.54, 1.807) is 7.11 Å². The van der Waals surface area contributed by atoms with Crippen molar-refractivity contribution in [1.82, 2.24) is 14.5 Å². The fraction of sp³-hybridized carbons (Fsp3) is 0.348. The van der Waals surface area contributed by atoms with E-state index in [0.717, 1.165) is 25.4 Å². The summed E-state index contributed by atoms with van der Waals surface area (Å²) in [5.41, 5.74) is 3.83. The molecular formula is C23H27N3O. The zero-order valence-corrected chi connectivity index (χ0v) is 15.9. The van der Waals surface area contributed by atoms with Gasteiger partial charge in [0.2, 0.25) is 0 Å². The van der Waals surface area contributed by atoms with Crippen molar-refractivity contribution in [3.63, 3.8) is 0 Å². The summed E-state index contributed by atoms with van der Waals surface area (Å²) in [4.78, 5) is 6.75. The van der Waals surface area contributed by atoms with Crippen LogP contribution < -0.4 is 4.74 Å². The smallest absolute Gasteiger partial charge is 0.124 e. The highest BCUT2D eigenvalue weighted by molar-refractivity contribution is 5.40. The van der Waals surface area contributed by atoms with Gasteiger partial charge in [0.1, 0.15) is 5.75 Å². The highest BCUT2D eigenvalue weighted by Crippen LogP contribution is 2.36. The number of methoxy groups -OCH3 is 1. The van der Waals surface area contributed by atoms with Crippen LogP contribution in [0, 0.1) is 0 Å². The highest BCUT2D eigenvalue weighted by atomic mass is 16.5. The second-order valence-corrected chi connectivity index (χ2v) is 7.16. The van der Waals surface area contributed by atoms with Crippen LogP contribution in [-0.2, 0) is 6.54 Å². The van der Waals surface area contributed by atoms with Crippen LogP contribution in [0.15, 0.2) is 67.1 Å². The number of rotatable bonds is 6. The Morgan fingerprint density at radius 3 is 2.52 bits per heavy atom. The molecule has 4 heteroatoms. The first-order valence-electron chi connectivity index (χ1n) is 9.78. The number of hydrogen-bond donors (Lipinski definition) is 0. The molecule has 0 amide bonds. The summed E-state index contributed by atoms with van der Waals surface area (Å²) < 4.78 is 8.09. The lowest BCUT2D eigenvalue weighted by molar-refractivity contribution is 0.179. The third kappa shape index (κ3) is 3.91. The van der Waals surface area contributed by atoms with Gasteiger partial charge in [-0.1, -0.05) is 24.6 Å². The molecule has 1 unspecified atom stereocenters. The summed E-state index contributed by atoms with van der Waals surface area (Å²) in [5, 5.41) is 0. The zero-order valence-electron chi connectivity index (χ0n) is 15.9. The molecule has 1 atom stereocenters. The van der Waals surface area contributed by atoms with Crippen molar-refractivity contribution in [2.75, 3.05) is 20.2 Å². The molecule has 1 aliphatic rings. The molecule has 0 bridgehead atoms. The maximum Gasteiger partial charge on any atom is 0.124 e. The van der Waals surface area contributed by atoms with E-state index in [1.165, 1.54) is 36.1 Å². The second kappa shape index (κ2) is 8.40. The van der Waals surface area contributed by atoms with Gasteiger partial charge in [-0.3, -0.25) is 9.88 Å². The van der Waals surface area contributed by atoms with Crippen molar-refractivity contribution in [2.24, 2.45) is 0 Å². The summed E-state index contributed by atoms with van der Waals surface area (Å²) in [5.74, 6) is 0.963. The van der Waals surface area contributed by atoms with Crippen LogP contribution in [0.4, 0.5) is 0 Å². The topological polar surface area (TPSA) is 30.3 Å². The van der Waals surface area contributed by atoms with Crippen LogP contribution in [0.5, 0.6) is 5.75 Å². The number of hydrogen-bond acceptors (Lipinski definition) is 3. The predicted molar refractivity (Wildman–Crippen MR) is 108 cm³/mol. The number of para-hydroxylation sites is 1. The Morgan fingerprint density at radius 2 is 1.74 bits per heavy atom. The lowest BCUT2D eigenvalue weighted by Crippen LogP contribution is -2.35. The van der Waals surface area contributed by atoms with Gasteiger partial charge in [-0.25, -0.2) is 0 Å². The zero-order chi connectivity index (χ0) is 18.5. The first-order valence-corrected chi connectivity index (χ1v) is 9.78. The first kappa shape index (κ1) is 17.8. The number of benzene rings is 1. The average Bonchev–Trinajstić information content (AvgIpc) is 3.18. The first-order chi connectivity index (χ1) is 13.4. The number of pyridine rings is 1. The summed E-state index contributed by atoms with van der Waals surface area (Å²) in [6, 6.07) is 17.2. The Morgan fingerprint density at radius 1 is 0.963 bits per heavy atom. The number of piperidine rings is 1. The maximum atomic E-state index is 5.73. The van der Waals surface area contributed by atoms with Gasteiger partial charge < -0.3 is 9.30 Å². The van der Waals surface area contributed by atoms with Crippen LogP contribution in [0.1, 0.15) is 42.1 Å². The molecule has 0 spiro atoms. The van der Waals surface area contributed by atoms with Gasteiger partial charge >= 0.3 is 0 Å². The Labute approximate surface area is 161 Å². The fourth-order valence-corrected chi connectivity index (χ4v) is 4.12. The van der Waals surface area contributed by atoms with Crippen LogP contribution in [0.2, 0.25) is 0 Å². The monoisotopic (exact) mass is 361 g/mol. The molecule has 3 heterocycles. The van der Waals surface area contributed by atoms with Crippen LogP contribution >= 0.6 is 0 Å². The van der Waals surface area contributed by atoms with Crippen molar-refractivity contribution in [1.29, 1.82) is 0 Å². The molecule has 0 radical (unpaired) electrons. The summed E-state index contributed by atoms with van der Waals surface area (Å²) >= 11 is 0. The SMILES string of the molecule is COc1ccccc1C(c1cccn1Cc1ccncc1)N1CCCCC1. The van der Waals surface area contributed by atoms with Gasteiger partial charge in [0, 0.05) is 36.4 Å². The minimum Gasteiger partial charge on any atom is -0.496 e. The lowest BCUT2D eigenvalue weighted by atomic mass is 9.97. The summed E-state index contributed by atoms with van der Waals surface area (Å²) in [6.07, 6.45) is 9.75. The number of ether oxygens (including phenoxy) is 1. The second-order valence-electron chi connectivity index (χ2n) is 7.16. The normalized spacial score (nSPS) is 16.2. The van der Waals surface area contributed by atoms with Crippen molar-refractivity contribution < 1.29 is 4.74 Å². The quantitative estimate of drug-likeness (QED) is 0.647. The summed E-state index contributed by atoms with van der Waals surface area (Å²) in [7, 11) is 1.77. The van der Waals surface area contributed by atoms with Gasteiger partial charge in [0.05, 0.1) is 13.2 Å². The molecule has 140 valence electrons. The number of likely N-dealkylation sites (tertiary alicyclic amines) is 1. The van der Waals surface area contributed by atoms with Crippen molar-refractivity contribution in [3.8, 4) is 5.75 Å². The molecule has 1 aromatic carbocycles. The van der Waals surface area contributed by atoms with E-state index < -0.39 is 0 Å². The predicted octanol–water partition coefficient (Wildman–Crippen LogP) is 4.52. The van der Waals surface area contributed by atoms with E-state index in [4.69, 9.17) is 4.74 Å². The fourth-order valence-electron chi connectivity index (χ4n) is 4.12. The van der Waals surface area contributed by atoms with Gasteiger partial charge in [-0.2, -0.15) is 0 Å². The molecule has 2 aromatic heterocycles. The standard InChI is InChI=1S/C23H27N3O/c1-27-22-10-4-3-8-20(22)23(25-15-5-2-6-16-25)21-9-7-17-26(21)18-19-11-13-24-14-12-19/h3-4,7-14,17,23H,2,5-6,15-16,18H2,1H3. The third-order valence-electron chi connectivity index (χ3n) is 5.44. The van der Waals surface area contributed by atoms with Gasteiger partial charge in [-0.05, 0) is 61.8 Å². The van der Waals surface area contributed by atoms with E-state index >= 15 is 0 Å². The molecule has 3 aromatic rings. The molecule has 0 N–H and O–H groups in total. The minimum atomic E-state index is 0.207. The Hall–Kier alpha value is -2.59. The van der Waals surface area contributed by atoms with Crippen LogP contribution in [0.3, 0.4) is 0 Å². The molecule has 4 nitrogen and oxygen atoms in total. The van der Waals surface area contributed by atoms with Gasteiger partial charge in [0.15, 0.2) is 0 Å². The van der Waals surface area contributed by atoms with Crippen LogP contribution in [-0.4, -0.2) is 34.7 Å². The van der Waals surface area contributed by atoms with E-state index in [9.17, 15) is 0 Å². The molecule has 4 rings (SSSR count). The van der Waals surface area contributed by atoms with Crippen molar-refractivity contribution in [2.45, 2.75) is 31.8 Å². The van der Waals surface area contributed by atoms with E-state index in [-0.39, 0.29) is 6.04 Å². The average molecular weight is 361 g/mol. The summed E-state index contributed by atoms with van der Waals surface area (Å²) in [6.45, 7) is 3.11. The highest BCUT2D eigenvalue weighted by Gasteiger charge is 2.28. The number of aromatic nitrogens is 2. The van der Waals surface area contributed by atoms with E-state index in [1.807, 2.05) is 18.5 Å². The Balaban J connectivity index is 1.74. The Kier molecular flexibility index (Phi) is 5.54. The Bertz CT molecular complexity index is 853. The molecule has 27 heavy (non-hydrogen) atoms. The lowest BCUT2D eigenvalue weighted by Gasteiger charge is -2.36. The number of nitrogens with zero attached hydrogens (tertiary/aromatic N) is 3. The molecular weight excluding hydrogens is 334 g/mol. The molecule has 0 saturated carbocycles. The molecule has 1 aliphatic heterocycles. The van der Waals surface area contributed by atoms with Crippen LogP contribution in [0.25, 0.3) is 0 Å². The minimum absolute atomic E-state index is 0.207. The molecule has 1 saturated heterocycles. The van der Waals surface area contributed by atoms with Crippen molar-refractivity contribution in [3.05, 3.63) is 83.9 Å². The van der Waals surface area contributed by atoms with Gasteiger partial charge in [-0.15, -0.1) is 0 Å². The van der Waals surface area contributed by atoms with E-state index in [2.05, 4.69) is 63.1 Å². The third-order valence-corrected chi connectivity index (χ3v) is 5.44. The van der Waals surface area contributed by atoms with Crippen molar-refractivity contribution >= 4 is 0 Å². The molecule has 0 aliphatic carbocycles. The maximum absolute atomic E-state index is 5.73. The van der Waals surface area contributed by atoms with Gasteiger partial charge in [0.25, 0.3) is 0 Å².